The van der Waals surface area contributed by atoms with Crippen molar-refractivity contribution >= 4 is 33.3 Å². The van der Waals surface area contributed by atoms with Gasteiger partial charge < -0.3 is 17.7 Å². The quantitative estimate of drug-likeness (QED) is 0.150. The Morgan fingerprint density at radius 2 is 0.438 bits per heavy atom. The second-order valence-corrected chi connectivity index (χ2v) is 34.9. The molecule has 4 nitrogen and oxygen atoms in total. The smallest absolute Gasteiger partial charge is 0.242 e. The van der Waals surface area contributed by atoms with Gasteiger partial charge >= 0.3 is 0 Å². The fraction of sp³-hybridized carbons (Fsp3) is 0.400. The van der Waals surface area contributed by atoms with Gasteiger partial charge in [0.1, 0.15) is 23.0 Å². The summed E-state index contributed by atoms with van der Waals surface area (Å²) in [7, 11) is -7.82. The van der Waals surface area contributed by atoms with Crippen molar-refractivity contribution in [1.82, 2.24) is 0 Å². The highest BCUT2D eigenvalue weighted by Gasteiger charge is 2.28. The Hall–Kier alpha value is -3.05. The van der Waals surface area contributed by atoms with E-state index in [4.69, 9.17) is 17.7 Å². The highest BCUT2D eigenvalue weighted by atomic mass is 28.4. The minimum atomic E-state index is -1.95. The summed E-state index contributed by atoms with van der Waals surface area (Å²) in [5.74, 6) is 4.09. The van der Waals surface area contributed by atoms with Gasteiger partial charge in [0, 0.05) is 25.7 Å². The van der Waals surface area contributed by atoms with Gasteiger partial charge in [-0.15, -0.1) is 0 Å². The Bertz CT molecular complexity index is 1430. The first-order valence-electron chi connectivity index (χ1n) is 17.4. The third-order valence-corrected chi connectivity index (χ3v) is 11.1. The van der Waals surface area contributed by atoms with Crippen LogP contribution in [0.25, 0.3) is 0 Å². The summed E-state index contributed by atoms with van der Waals surface area (Å²) in [4.78, 5) is 0. The summed E-state index contributed by atoms with van der Waals surface area (Å²) < 4.78 is 28.0. The third kappa shape index (κ3) is 9.55. The standard InChI is InChI=1S/C40H56O4Si4/c1-45(2,3)41-37-29-17-13-18-30(37)26-32-20-15-22-34(39(32)43-47(7,8)9)28-36-24-16-23-35(40(36)44-48(10,11)12)27-33-21-14-19-31(25-29)38(33)42-46(4,5)6/h13-24H,25-28H2,1-12H3. The van der Waals surface area contributed by atoms with Crippen molar-refractivity contribution in [3.05, 3.63) is 117 Å². The van der Waals surface area contributed by atoms with E-state index in [1.807, 2.05) is 0 Å². The molecule has 4 aromatic rings. The van der Waals surface area contributed by atoms with Crippen LogP contribution in [0.15, 0.2) is 72.8 Å². The van der Waals surface area contributed by atoms with E-state index in [2.05, 4.69) is 151 Å². The van der Waals surface area contributed by atoms with Crippen LogP contribution in [0.3, 0.4) is 0 Å². The molecule has 8 bridgehead atoms. The Morgan fingerprint density at radius 1 is 0.292 bits per heavy atom. The van der Waals surface area contributed by atoms with Gasteiger partial charge in [0.15, 0.2) is 0 Å². The van der Waals surface area contributed by atoms with Crippen LogP contribution in [-0.2, 0) is 25.7 Å². The van der Waals surface area contributed by atoms with Crippen molar-refractivity contribution in [2.45, 2.75) is 104 Å². The normalized spacial score (nSPS) is 13.9. The minimum absolute atomic E-state index is 0.734. The van der Waals surface area contributed by atoms with Gasteiger partial charge in [-0.05, 0) is 123 Å². The van der Waals surface area contributed by atoms with Crippen LogP contribution in [0.2, 0.25) is 78.6 Å². The van der Waals surface area contributed by atoms with E-state index >= 15 is 0 Å². The molecule has 8 heteroatoms. The second-order valence-electron chi connectivity index (χ2n) is 17.2. The van der Waals surface area contributed by atoms with E-state index < -0.39 is 33.3 Å². The molecule has 0 spiro atoms. The molecule has 0 atom stereocenters. The summed E-state index contributed by atoms with van der Waals surface area (Å²) >= 11 is 0. The zero-order valence-electron chi connectivity index (χ0n) is 31.4. The topological polar surface area (TPSA) is 36.9 Å². The van der Waals surface area contributed by atoms with Crippen LogP contribution < -0.4 is 17.7 Å². The molecule has 0 N–H and O–H groups in total. The lowest BCUT2D eigenvalue weighted by Crippen LogP contribution is -2.31. The Balaban J connectivity index is 1.82. The molecule has 1 aliphatic carbocycles. The van der Waals surface area contributed by atoms with Crippen molar-refractivity contribution in [1.29, 1.82) is 0 Å². The summed E-state index contributed by atoms with van der Waals surface area (Å²) in [6, 6.07) is 26.7. The van der Waals surface area contributed by atoms with Gasteiger partial charge in [-0.1, -0.05) is 72.8 Å². The van der Waals surface area contributed by atoms with Crippen LogP contribution in [0.4, 0.5) is 0 Å². The summed E-state index contributed by atoms with van der Waals surface area (Å²) in [5, 5.41) is 0. The van der Waals surface area contributed by atoms with Gasteiger partial charge in [-0.25, -0.2) is 0 Å². The highest BCUT2D eigenvalue weighted by molar-refractivity contribution is 6.71. The van der Waals surface area contributed by atoms with Crippen molar-refractivity contribution < 1.29 is 17.7 Å². The molecular formula is C40H56O4Si4. The van der Waals surface area contributed by atoms with Gasteiger partial charge in [0.2, 0.25) is 33.3 Å². The second kappa shape index (κ2) is 13.7. The summed E-state index contributed by atoms with van der Waals surface area (Å²) in [6.45, 7) is 27.3. The van der Waals surface area contributed by atoms with Gasteiger partial charge in [-0.3, -0.25) is 0 Å². The van der Waals surface area contributed by atoms with Crippen molar-refractivity contribution in [3.8, 4) is 23.0 Å². The molecular weight excluding hydrogens is 657 g/mol. The largest absolute Gasteiger partial charge is 0.544 e. The maximum atomic E-state index is 6.99. The predicted octanol–water partition coefficient (Wildman–Crippen LogP) is 11.2. The van der Waals surface area contributed by atoms with Gasteiger partial charge in [0.05, 0.1) is 0 Å². The maximum absolute atomic E-state index is 6.99. The number of hydrogen-bond donors (Lipinski definition) is 0. The molecule has 256 valence electrons. The molecule has 48 heavy (non-hydrogen) atoms. The molecule has 0 fully saturated rings. The zero-order valence-corrected chi connectivity index (χ0v) is 35.4. The fourth-order valence-corrected chi connectivity index (χ4v) is 9.73. The molecule has 0 saturated heterocycles. The monoisotopic (exact) mass is 712 g/mol. The predicted molar refractivity (Wildman–Crippen MR) is 213 cm³/mol. The Labute approximate surface area is 294 Å². The van der Waals surface area contributed by atoms with Gasteiger partial charge in [-0.2, -0.15) is 0 Å². The van der Waals surface area contributed by atoms with E-state index in [1.165, 1.54) is 44.5 Å². The van der Waals surface area contributed by atoms with E-state index in [-0.39, 0.29) is 0 Å². The van der Waals surface area contributed by atoms with E-state index in [9.17, 15) is 0 Å². The molecule has 0 radical (unpaired) electrons. The average molecular weight is 713 g/mol. The van der Waals surface area contributed by atoms with Gasteiger partial charge in [0.25, 0.3) is 0 Å². The third-order valence-electron chi connectivity index (χ3n) is 7.87. The number of para-hydroxylation sites is 4. The molecule has 0 unspecified atom stereocenters. The van der Waals surface area contributed by atoms with Crippen molar-refractivity contribution in [2.75, 3.05) is 0 Å². The first kappa shape index (κ1) is 36.2. The SMILES string of the molecule is C[Si](C)(C)Oc1c2cccc1Cc1cccc(c1O[Si](C)(C)C)Cc1cccc(c1O[Si](C)(C)C)Cc1cccc(c1O[Si](C)(C)C)C2. The molecule has 1 aliphatic rings. The van der Waals surface area contributed by atoms with E-state index in [0.29, 0.717) is 0 Å². The zero-order chi connectivity index (χ0) is 35.1. The van der Waals surface area contributed by atoms with Crippen LogP contribution in [0.5, 0.6) is 23.0 Å². The lowest BCUT2D eigenvalue weighted by Gasteiger charge is -2.29. The number of fused-ring (bicyclic) bond motifs is 8. The highest BCUT2D eigenvalue weighted by Crippen LogP contribution is 2.40. The lowest BCUT2D eigenvalue weighted by molar-refractivity contribution is 0.529. The molecule has 4 aromatic carbocycles. The van der Waals surface area contributed by atoms with Crippen LogP contribution in [-0.4, -0.2) is 33.3 Å². The first-order valence-corrected chi connectivity index (χ1v) is 31.1. The van der Waals surface area contributed by atoms with Crippen LogP contribution >= 0.6 is 0 Å². The molecule has 0 aromatic heterocycles. The summed E-state index contributed by atoms with van der Waals surface area (Å²) in [6.07, 6.45) is 2.94. The Kier molecular flexibility index (Phi) is 10.3. The minimum Gasteiger partial charge on any atom is -0.544 e. The van der Waals surface area contributed by atoms with Crippen LogP contribution in [0, 0.1) is 0 Å². The number of hydrogen-bond acceptors (Lipinski definition) is 4. The van der Waals surface area contributed by atoms with Crippen molar-refractivity contribution in [2.24, 2.45) is 0 Å². The molecule has 0 heterocycles. The fourth-order valence-electron chi connectivity index (χ4n) is 6.24. The summed E-state index contributed by atoms with van der Waals surface area (Å²) in [5.41, 5.74) is 9.62. The number of rotatable bonds is 8. The Morgan fingerprint density at radius 3 is 0.562 bits per heavy atom. The van der Waals surface area contributed by atoms with Crippen molar-refractivity contribution in [3.63, 3.8) is 0 Å². The average Bonchev–Trinajstić information content (AvgIpc) is 2.92. The molecule has 0 amide bonds. The van der Waals surface area contributed by atoms with E-state index in [0.717, 1.165) is 48.7 Å². The van der Waals surface area contributed by atoms with Crippen LogP contribution in [0.1, 0.15) is 44.5 Å². The van der Waals surface area contributed by atoms with E-state index in [1.54, 1.807) is 0 Å². The molecule has 0 saturated carbocycles. The number of benzene rings is 4. The lowest BCUT2D eigenvalue weighted by atomic mass is 9.91. The molecule has 0 aliphatic heterocycles. The molecule has 5 rings (SSSR count). The maximum Gasteiger partial charge on any atom is 0.242 e. The first-order chi connectivity index (χ1) is 22.2.